The van der Waals surface area contributed by atoms with Crippen LogP contribution in [0.2, 0.25) is 0 Å². The number of likely N-dealkylation sites (N-methyl/N-ethyl adjacent to an activating group) is 1. The molecule has 0 saturated heterocycles. The van der Waals surface area contributed by atoms with E-state index in [4.69, 9.17) is 0 Å². The summed E-state index contributed by atoms with van der Waals surface area (Å²) >= 11 is 1.40. The van der Waals surface area contributed by atoms with Crippen LogP contribution in [-0.2, 0) is 11.3 Å². The third kappa shape index (κ3) is 6.00. The predicted octanol–water partition coefficient (Wildman–Crippen LogP) is 3.55. The number of halogens is 1. The first-order valence-electron chi connectivity index (χ1n) is 9.49. The molecule has 2 rings (SSSR count). The Balaban J connectivity index is 2.11. The summed E-state index contributed by atoms with van der Waals surface area (Å²) in [5, 5.41) is 3.39. The van der Waals surface area contributed by atoms with Crippen molar-refractivity contribution in [3.8, 4) is 0 Å². The first-order chi connectivity index (χ1) is 13.8. The van der Waals surface area contributed by atoms with E-state index >= 15 is 0 Å². The van der Waals surface area contributed by atoms with Gasteiger partial charge in [0.1, 0.15) is 16.7 Å². The molecule has 29 heavy (non-hydrogen) atoms. The van der Waals surface area contributed by atoms with Crippen LogP contribution >= 0.6 is 11.8 Å². The van der Waals surface area contributed by atoms with Gasteiger partial charge in [-0.1, -0.05) is 26.0 Å². The fourth-order valence-electron chi connectivity index (χ4n) is 2.74. The van der Waals surface area contributed by atoms with Crippen molar-refractivity contribution in [3.63, 3.8) is 0 Å². The first-order valence-corrected chi connectivity index (χ1v) is 10.7. The Morgan fingerprint density at radius 3 is 2.41 bits per heavy atom. The van der Waals surface area contributed by atoms with Gasteiger partial charge in [-0.2, -0.15) is 0 Å². The second kappa shape index (κ2) is 10.3. The van der Waals surface area contributed by atoms with E-state index in [1.165, 1.54) is 28.8 Å². The van der Waals surface area contributed by atoms with E-state index in [0.717, 1.165) is 5.56 Å². The molecular formula is C21H27FN4O2S. The number of benzene rings is 1. The molecule has 1 heterocycles. The van der Waals surface area contributed by atoms with Crippen LogP contribution in [0.15, 0.2) is 29.3 Å². The van der Waals surface area contributed by atoms with E-state index in [1.54, 1.807) is 19.1 Å². The number of amides is 2. The minimum absolute atomic E-state index is 0.0737. The molecule has 0 aliphatic rings. The van der Waals surface area contributed by atoms with Gasteiger partial charge in [0.25, 0.3) is 5.91 Å². The number of aromatic nitrogens is 2. The second-order valence-corrected chi connectivity index (χ2v) is 7.72. The van der Waals surface area contributed by atoms with Gasteiger partial charge in [0.05, 0.1) is 17.8 Å². The lowest BCUT2D eigenvalue weighted by atomic mass is 10.1. The maximum atomic E-state index is 13.1. The van der Waals surface area contributed by atoms with Crippen LogP contribution in [0.3, 0.4) is 0 Å². The van der Waals surface area contributed by atoms with Crippen molar-refractivity contribution < 1.29 is 14.0 Å². The third-order valence-electron chi connectivity index (χ3n) is 4.40. The zero-order valence-corrected chi connectivity index (χ0v) is 18.3. The number of nitrogens with one attached hydrogen (secondary N) is 1. The largest absolute Gasteiger partial charge is 0.350 e. The van der Waals surface area contributed by atoms with Crippen LogP contribution in [0, 0.1) is 12.7 Å². The highest BCUT2D eigenvalue weighted by Crippen LogP contribution is 2.24. The molecule has 1 N–H and O–H groups in total. The minimum Gasteiger partial charge on any atom is -0.350 e. The SMILES string of the molecule is CCN(CC(=O)NCc1ccc(F)cc1)C(=O)c1c(C)nc(C(C)C)nc1SC. The molecule has 0 radical (unpaired) electrons. The summed E-state index contributed by atoms with van der Waals surface area (Å²) in [6.07, 6.45) is 1.87. The Morgan fingerprint density at radius 1 is 1.21 bits per heavy atom. The summed E-state index contributed by atoms with van der Waals surface area (Å²) in [6, 6.07) is 5.91. The maximum absolute atomic E-state index is 13.1. The molecule has 0 aliphatic heterocycles. The quantitative estimate of drug-likeness (QED) is 0.524. The monoisotopic (exact) mass is 418 g/mol. The fraction of sp³-hybridized carbons (Fsp3) is 0.429. The van der Waals surface area contributed by atoms with E-state index in [1.807, 2.05) is 27.0 Å². The smallest absolute Gasteiger partial charge is 0.258 e. The summed E-state index contributed by atoms with van der Waals surface area (Å²) in [5.74, 6) is -0.0190. The topological polar surface area (TPSA) is 75.2 Å². The number of hydrogen-bond acceptors (Lipinski definition) is 5. The van der Waals surface area contributed by atoms with Crippen molar-refractivity contribution in [2.75, 3.05) is 19.3 Å². The lowest BCUT2D eigenvalue weighted by Gasteiger charge is -2.22. The molecule has 0 aliphatic carbocycles. The van der Waals surface area contributed by atoms with Crippen LogP contribution in [0.1, 0.15) is 54.1 Å². The predicted molar refractivity (Wildman–Crippen MR) is 112 cm³/mol. The molecule has 0 fully saturated rings. The molecule has 8 heteroatoms. The molecule has 0 saturated carbocycles. The standard InChI is InChI=1S/C21H27FN4O2S/c1-6-26(12-17(27)23-11-15-7-9-16(22)10-8-15)21(28)18-14(4)24-19(13(2)3)25-20(18)29-5/h7-10,13H,6,11-12H2,1-5H3,(H,23,27). The highest BCUT2D eigenvalue weighted by atomic mass is 32.2. The normalized spacial score (nSPS) is 10.9. The van der Waals surface area contributed by atoms with Crippen molar-refractivity contribution in [3.05, 3.63) is 52.7 Å². The number of hydrogen-bond donors (Lipinski definition) is 1. The van der Waals surface area contributed by atoms with Crippen LogP contribution in [0.4, 0.5) is 4.39 Å². The second-order valence-electron chi connectivity index (χ2n) is 6.93. The van der Waals surface area contributed by atoms with E-state index in [9.17, 15) is 14.0 Å². The number of carbonyl (C=O) groups is 2. The Morgan fingerprint density at radius 2 is 1.86 bits per heavy atom. The third-order valence-corrected chi connectivity index (χ3v) is 5.09. The highest BCUT2D eigenvalue weighted by Gasteiger charge is 2.24. The number of carbonyl (C=O) groups excluding carboxylic acids is 2. The molecule has 0 unspecified atom stereocenters. The van der Waals surface area contributed by atoms with E-state index in [-0.39, 0.29) is 36.6 Å². The molecule has 0 atom stereocenters. The average Bonchev–Trinajstić information content (AvgIpc) is 2.70. The number of rotatable bonds is 8. The lowest BCUT2D eigenvalue weighted by Crippen LogP contribution is -2.41. The van der Waals surface area contributed by atoms with Gasteiger partial charge in [-0.25, -0.2) is 14.4 Å². The van der Waals surface area contributed by atoms with Crippen molar-refractivity contribution in [1.82, 2.24) is 20.2 Å². The van der Waals surface area contributed by atoms with Crippen molar-refractivity contribution in [1.29, 1.82) is 0 Å². The van der Waals surface area contributed by atoms with Crippen LogP contribution in [-0.4, -0.2) is 46.0 Å². The fourth-order valence-corrected chi connectivity index (χ4v) is 3.36. The zero-order valence-electron chi connectivity index (χ0n) is 17.5. The van der Waals surface area contributed by atoms with Gasteiger partial charge in [0, 0.05) is 19.0 Å². The molecule has 0 spiro atoms. The Hall–Kier alpha value is -2.48. The van der Waals surface area contributed by atoms with Crippen molar-refractivity contribution in [2.24, 2.45) is 0 Å². The van der Waals surface area contributed by atoms with E-state index in [2.05, 4.69) is 15.3 Å². The molecule has 6 nitrogen and oxygen atoms in total. The first kappa shape index (κ1) is 22.8. The van der Waals surface area contributed by atoms with Gasteiger partial charge in [-0.3, -0.25) is 9.59 Å². The van der Waals surface area contributed by atoms with Crippen molar-refractivity contribution in [2.45, 2.75) is 45.2 Å². The number of nitrogens with zero attached hydrogens (tertiary/aromatic N) is 3. The molecule has 2 amide bonds. The Kier molecular flexibility index (Phi) is 8.13. The minimum atomic E-state index is -0.325. The number of thioether (sulfide) groups is 1. The zero-order chi connectivity index (χ0) is 21.6. The molecular weight excluding hydrogens is 391 g/mol. The van der Waals surface area contributed by atoms with E-state index in [0.29, 0.717) is 28.7 Å². The van der Waals surface area contributed by atoms with Gasteiger partial charge < -0.3 is 10.2 Å². The molecule has 156 valence electrons. The van der Waals surface area contributed by atoms with Gasteiger partial charge in [-0.15, -0.1) is 11.8 Å². The highest BCUT2D eigenvalue weighted by molar-refractivity contribution is 7.98. The van der Waals surface area contributed by atoms with E-state index < -0.39 is 0 Å². The Bertz CT molecular complexity index is 872. The van der Waals surface area contributed by atoms with Crippen LogP contribution in [0.25, 0.3) is 0 Å². The lowest BCUT2D eigenvalue weighted by molar-refractivity contribution is -0.121. The molecule has 1 aromatic carbocycles. The van der Waals surface area contributed by atoms with Crippen molar-refractivity contribution >= 4 is 23.6 Å². The maximum Gasteiger partial charge on any atom is 0.258 e. The van der Waals surface area contributed by atoms with Crippen LogP contribution < -0.4 is 5.32 Å². The average molecular weight is 419 g/mol. The molecule has 2 aromatic rings. The van der Waals surface area contributed by atoms with Gasteiger partial charge in [-0.05, 0) is 37.8 Å². The summed E-state index contributed by atoms with van der Waals surface area (Å²) < 4.78 is 13.0. The van der Waals surface area contributed by atoms with Crippen LogP contribution in [0.5, 0.6) is 0 Å². The van der Waals surface area contributed by atoms with Gasteiger partial charge >= 0.3 is 0 Å². The summed E-state index contributed by atoms with van der Waals surface area (Å²) in [4.78, 5) is 35.9. The molecule has 1 aromatic heterocycles. The Labute approximate surface area is 175 Å². The summed E-state index contributed by atoms with van der Waals surface area (Å²) in [7, 11) is 0. The summed E-state index contributed by atoms with van der Waals surface area (Å²) in [6.45, 7) is 8.20. The van der Waals surface area contributed by atoms with Gasteiger partial charge in [0.15, 0.2) is 0 Å². The summed E-state index contributed by atoms with van der Waals surface area (Å²) in [5.41, 5.74) is 1.84. The number of aryl methyl sites for hydroxylation is 1. The molecule has 0 bridgehead atoms. The van der Waals surface area contributed by atoms with Gasteiger partial charge in [0.2, 0.25) is 5.91 Å².